The summed E-state index contributed by atoms with van der Waals surface area (Å²) in [5, 5.41) is 11.0. The molecule has 1 amide bonds. The number of carbonyl (C=O) groups excluding carboxylic acids is 2. The Labute approximate surface area is 174 Å². The number of benzene rings is 2. The van der Waals surface area contributed by atoms with Gasteiger partial charge in [-0.05, 0) is 31.2 Å². The SMILES string of the molecule is CCOc1cccc(N2C(=O)C(=O)/C(=C(/O)c3ccccc3)C2c2ccccn2)c1. The minimum Gasteiger partial charge on any atom is -0.507 e. The maximum absolute atomic E-state index is 13.1. The summed E-state index contributed by atoms with van der Waals surface area (Å²) in [6.07, 6.45) is 1.59. The van der Waals surface area contributed by atoms with E-state index in [-0.39, 0.29) is 11.3 Å². The van der Waals surface area contributed by atoms with Gasteiger partial charge in [-0.3, -0.25) is 19.5 Å². The van der Waals surface area contributed by atoms with Crippen LogP contribution in [0.1, 0.15) is 24.2 Å². The lowest BCUT2D eigenvalue weighted by molar-refractivity contribution is -0.132. The number of amides is 1. The van der Waals surface area contributed by atoms with Gasteiger partial charge in [-0.1, -0.05) is 42.5 Å². The van der Waals surface area contributed by atoms with E-state index >= 15 is 0 Å². The third kappa shape index (κ3) is 3.43. The van der Waals surface area contributed by atoms with E-state index in [1.54, 1.807) is 72.9 Å². The van der Waals surface area contributed by atoms with Crippen molar-refractivity contribution in [1.82, 2.24) is 4.98 Å². The fourth-order valence-corrected chi connectivity index (χ4v) is 3.56. The van der Waals surface area contributed by atoms with E-state index in [0.717, 1.165) is 0 Å². The summed E-state index contributed by atoms with van der Waals surface area (Å²) in [6, 6.07) is 20.1. The van der Waals surface area contributed by atoms with Gasteiger partial charge in [-0.25, -0.2) is 0 Å². The van der Waals surface area contributed by atoms with Crippen LogP contribution in [0.5, 0.6) is 5.75 Å². The van der Waals surface area contributed by atoms with E-state index in [4.69, 9.17) is 4.74 Å². The van der Waals surface area contributed by atoms with Crippen molar-refractivity contribution in [1.29, 1.82) is 0 Å². The monoisotopic (exact) mass is 400 g/mol. The molecule has 1 aliphatic heterocycles. The van der Waals surface area contributed by atoms with Crippen molar-refractivity contribution in [2.75, 3.05) is 11.5 Å². The second-order valence-corrected chi connectivity index (χ2v) is 6.72. The Morgan fingerprint density at radius 1 is 1.03 bits per heavy atom. The van der Waals surface area contributed by atoms with Crippen molar-refractivity contribution in [2.45, 2.75) is 13.0 Å². The molecule has 4 rings (SSSR count). The molecule has 150 valence electrons. The van der Waals surface area contributed by atoms with Crippen molar-refractivity contribution >= 4 is 23.1 Å². The van der Waals surface area contributed by atoms with Crippen LogP contribution in [0.15, 0.2) is 84.6 Å². The number of aliphatic hydroxyl groups excluding tert-OH is 1. The van der Waals surface area contributed by atoms with E-state index in [0.29, 0.717) is 29.3 Å². The fraction of sp³-hybridized carbons (Fsp3) is 0.125. The second-order valence-electron chi connectivity index (χ2n) is 6.72. The molecule has 3 aromatic rings. The molecule has 0 spiro atoms. The number of hydrogen-bond acceptors (Lipinski definition) is 5. The van der Waals surface area contributed by atoms with Crippen LogP contribution >= 0.6 is 0 Å². The van der Waals surface area contributed by atoms with Gasteiger partial charge in [0.25, 0.3) is 11.7 Å². The zero-order valence-electron chi connectivity index (χ0n) is 16.4. The summed E-state index contributed by atoms with van der Waals surface area (Å²) >= 11 is 0. The molecule has 0 bridgehead atoms. The van der Waals surface area contributed by atoms with E-state index in [9.17, 15) is 14.7 Å². The number of carbonyl (C=O) groups is 2. The van der Waals surface area contributed by atoms with Crippen molar-refractivity contribution < 1.29 is 19.4 Å². The molecule has 1 atom stereocenters. The van der Waals surface area contributed by atoms with Gasteiger partial charge in [-0.15, -0.1) is 0 Å². The Kier molecular flexibility index (Phi) is 5.30. The molecular weight excluding hydrogens is 380 g/mol. The third-order valence-electron chi connectivity index (χ3n) is 4.87. The largest absolute Gasteiger partial charge is 0.507 e. The molecule has 6 nitrogen and oxygen atoms in total. The standard InChI is InChI=1S/C24H20N2O4/c1-2-30-18-12-8-11-17(15-18)26-21(19-13-6-7-14-25-19)20(23(28)24(26)29)22(27)16-9-4-3-5-10-16/h3-15,21,27H,2H2,1H3/b22-20+. The molecule has 1 N–H and O–H groups in total. The highest BCUT2D eigenvalue weighted by Gasteiger charge is 2.47. The maximum Gasteiger partial charge on any atom is 0.300 e. The first-order valence-electron chi connectivity index (χ1n) is 9.62. The summed E-state index contributed by atoms with van der Waals surface area (Å²) in [7, 11) is 0. The number of nitrogens with zero attached hydrogens (tertiary/aromatic N) is 2. The summed E-state index contributed by atoms with van der Waals surface area (Å²) in [5.41, 5.74) is 1.44. The molecule has 6 heteroatoms. The van der Waals surface area contributed by atoms with Crippen LogP contribution in [-0.2, 0) is 9.59 Å². The van der Waals surface area contributed by atoms with Gasteiger partial charge in [0.1, 0.15) is 17.6 Å². The van der Waals surface area contributed by atoms with E-state index in [1.807, 2.05) is 13.0 Å². The zero-order chi connectivity index (χ0) is 21.1. The van der Waals surface area contributed by atoms with Gasteiger partial charge in [0.2, 0.25) is 0 Å². The molecule has 0 saturated carbocycles. The van der Waals surface area contributed by atoms with Crippen LogP contribution < -0.4 is 9.64 Å². The van der Waals surface area contributed by atoms with Crippen molar-refractivity contribution in [2.24, 2.45) is 0 Å². The van der Waals surface area contributed by atoms with E-state index in [2.05, 4.69) is 4.98 Å². The quantitative estimate of drug-likeness (QED) is 0.396. The molecule has 2 heterocycles. The van der Waals surface area contributed by atoms with Gasteiger partial charge in [0, 0.05) is 23.5 Å². The topological polar surface area (TPSA) is 79.7 Å². The predicted molar refractivity (Wildman–Crippen MR) is 113 cm³/mol. The lowest BCUT2D eigenvalue weighted by atomic mass is 9.98. The zero-order valence-corrected chi connectivity index (χ0v) is 16.4. The Morgan fingerprint density at radius 3 is 2.50 bits per heavy atom. The number of ketones is 1. The Balaban J connectivity index is 1.91. The van der Waals surface area contributed by atoms with Crippen molar-refractivity contribution in [3.05, 3.63) is 95.8 Å². The molecular formula is C24H20N2O4. The smallest absolute Gasteiger partial charge is 0.300 e. The van der Waals surface area contributed by atoms with Crippen LogP contribution in [0.4, 0.5) is 5.69 Å². The number of aromatic nitrogens is 1. The van der Waals surface area contributed by atoms with Gasteiger partial charge in [0.15, 0.2) is 0 Å². The molecule has 1 saturated heterocycles. The summed E-state index contributed by atoms with van der Waals surface area (Å²) in [6.45, 7) is 2.34. The minimum atomic E-state index is -0.858. The highest BCUT2D eigenvalue weighted by Crippen LogP contribution is 2.42. The Bertz CT molecular complexity index is 1110. The molecule has 1 aromatic heterocycles. The number of hydrogen-bond donors (Lipinski definition) is 1. The second kappa shape index (κ2) is 8.21. The molecule has 30 heavy (non-hydrogen) atoms. The molecule has 1 aliphatic rings. The predicted octanol–water partition coefficient (Wildman–Crippen LogP) is 4.11. The van der Waals surface area contributed by atoms with Crippen LogP contribution in [0.2, 0.25) is 0 Å². The first-order chi connectivity index (χ1) is 14.6. The number of pyridine rings is 1. The van der Waals surface area contributed by atoms with E-state index < -0.39 is 17.7 Å². The number of rotatable bonds is 5. The molecule has 1 unspecified atom stereocenters. The molecule has 1 fully saturated rings. The molecule has 2 aromatic carbocycles. The van der Waals surface area contributed by atoms with Gasteiger partial charge < -0.3 is 9.84 Å². The van der Waals surface area contributed by atoms with Crippen molar-refractivity contribution in [3.8, 4) is 5.75 Å². The highest BCUT2D eigenvalue weighted by atomic mass is 16.5. The van der Waals surface area contributed by atoms with Crippen LogP contribution in [-0.4, -0.2) is 28.4 Å². The fourth-order valence-electron chi connectivity index (χ4n) is 3.56. The molecule has 0 aliphatic carbocycles. The summed E-state index contributed by atoms with van der Waals surface area (Å²) < 4.78 is 5.55. The van der Waals surface area contributed by atoms with Crippen LogP contribution in [0.25, 0.3) is 5.76 Å². The first kappa shape index (κ1) is 19.4. The van der Waals surface area contributed by atoms with Gasteiger partial charge >= 0.3 is 0 Å². The molecule has 0 radical (unpaired) electrons. The average Bonchev–Trinajstić information content (AvgIpc) is 3.05. The van der Waals surface area contributed by atoms with Crippen LogP contribution in [0.3, 0.4) is 0 Å². The number of anilines is 1. The minimum absolute atomic E-state index is 0.00622. The van der Waals surface area contributed by atoms with Crippen LogP contribution in [0, 0.1) is 0 Å². The number of aliphatic hydroxyl groups is 1. The summed E-state index contributed by atoms with van der Waals surface area (Å²) in [4.78, 5) is 31.8. The highest BCUT2D eigenvalue weighted by molar-refractivity contribution is 6.51. The average molecular weight is 400 g/mol. The lowest BCUT2D eigenvalue weighted by Gasteiger charge is -2.25. The normalized spacial score (nSPS) is 17.9. The first-order valence-corrected chi connectivity index (χ1v) is 9.62. The van der Waals surface area contributed by atoms with Crippen molar-refractivity contribution in [3.63, 3.8) is 0 Å². The third-order valence-corrected chi connectivity index (χ3v) is 4.87. The number of ether oxygens (including phenoxy) is 1. The van der Waals surface area contributed by atoms with Gasteiger partial charge in [-0.2, -0.15) is 0 Å². The maximum atomic E-state index is 13.1. The summed E-state index contributed by atoms with van der Waals surface area (Å²) in [5.74, 6) is -1.13. The Morgan fingerprint density at radius 2 is 1.80 bits per heavy atom. The van der Waals surface area contributed by atoms with Gasteiger partial charge in [0.05, 0.1) is 17.9 Å². The Hall–Kier alpha value is -3.93. The lowest BCUT2D eigenvalue weighted by Crippen LogP contribution is -2.29. The van der Waals surface area contributed by atoms with E-state index in [1.165, 1.54) is 4.90 Å². The number of Topliss-reactive ketones (excluding diaryl/α,β-unsaturated/α-hetero) is 1.